The molecule has 0 bridgehead atoms. The van der Waals surface area contributed by atoms with Gasteiger partial charge >= 0.3 is 0 Å². The van der Waals surface area contributed by atoms with Crippen molar-refractivity contribution in [2.75, 3.05) is 26.0 Å². The summed E-state index contributed by atoms with van der Waals surface area (Å²) in [5, 5.41) is 3.10. The van der Waals surface area contributed by atoms with Crippen LogP contribution in [0, 0.1) is 6.92 Å². The lowest BCUT2D eigenvalue weighted by Crippen LogP contribution is -2.24. The molecule has 3 N–H and O–H groups in total. The van der Waals surface area contributed by atoms with Gasteiger partial charge in [0.25, 0.3) is 0 Å². The lowest BCUT2D eigenvalue weighted by atomic mass is 10.1. The number of carbonyl (C=O) groups is 1. The van der Waals surface area contributed by atoms with E-state index in [0.29, 0.717) is 23.8 Å². The van der Waals surface area contributed by atoms with Crippen LogP contribution in [0.4, 0.5) is 5.82 Å². The quantitative estimate of drug-likeness (QED) is 0.775. The van der Waals surface area contributed by atoms with Gasteiger partial charge in [0.05, 0.1) is 5.56 Å². The lowest BCUT2D eigenvalue weighted by molar-refractivity contribution is -0.128. The van der Waals surface area contributed by atoms with Gasteiger partial charge in [0.15, 0.2) is 0 Å². The van der Waals surface area contributed by atoms with Gasteiger partial charge in [-0.15, -0.1) is 0 Å². The van der Waals surface area contributed by atoms with Crippen LogP contribution in [0.1, 0.15) is 17.5 Å². The van der Waals surface area contributed by atoms with E-state index in [2.05, 4.69) is 10.3 Å². The number of nitrogens with two attached hydrogens (primary N) is 1. The van der Waals surface area contributed by atoms with Gasteiger partial charge in [-0.2, -0.15) is 0 Å². The average molecular weight is 266 g/mol. The molecule has 0 aliphatic carbocycles. The molecule has 0 fully saturated rings. The third-order valence-electron chi connectivity index (χ3n) is 2.54. The van der Waals surface area contributed by atoms with Crippen molar-refractivity contribution in [1.29, 1.82) is 0 Å². The minimum absolute atomic E-state index is 0.0621. The second-order valence-corrected chi connectivity index (χ2v) is 4.62. The van der Waals surface area contributed by atoms with E-state index in [1.54, 1.807) is 25.2 Å². The first-order chi connectivity index (χ1) is 8.43. The van der Waals surface area contributed by atoms with Crippen molar-refractivity contribution in [2.45, 2.75) is 13.3 Å². The maximum atomic E-state index is 11.4. The van der Waals surface area contributed by atoms with E-state index in [1.165, 1.54) is 0 Å². The Labute approximate surface area is 112 Å². The molecule has 5 nitrogen and oxygen atoms in total. The minimum atomic E-state index is 0.0621. The fraction of sp³-hybridized carbons (Fsp3) is 0.417. The highest BCUT2D eigenvalue weighted by Crippen LogP contribution is 2.16. The van der Waals surface area contributed by atoms with E-state index in [9.17, 15) is 4.79 Å². The third kappa shape index (κ3) is 3.66. The fourth-order valence-corrected chi connectivity index (χ4v) is 1.77. The smallest absolute Gasteiger partial charge is 0.223 e. The zero-order valence-electron chi connectivity index (χ0n) is 10.9. The number of aryl methyl sites for hydroxylation is 1. The van der Waals surface area contributed by atoms with E-state index in [-0.39, 0.29) is 5.91 Å². The number of amides is 1. The van der Waals surface area contributed by atoms with E-state index >= 15 is 0 Å². The van der Waals surface area contributed by atoms with Crippen molar-refractivity contribution >= 4 is 28.9 Å². The molecule has 1 heterocycles. The van der Waals surface area contributed by atoms with Crippen LogP contribution in [0.2, 0.25) is 0 Å². The number of pyridine rings is 1. The lowest BCUT2D eigenvalue weighted by Gasteiger charge is -2.13. The first-order valence-corrected chi connectivity index (χ1v) is 6.03. The van der Waals surface area contributed by atoms with Crippen molar-refractivity contribution in [2.24, 2.45) is 5.73 Å². The number of hydrogen-bond acceptors (Lipinski definition) is 4. The summed E-state index contributed by atoms with van der Waals surface area (Å²) in [5.41, 5.74) is 7.38. The Morgan fingerprint density at radius 3 is 2.78 bits per heavy atom. The van der Waals surface area contributed by atoms with Gasteiger partial charge < -0.3 is 16.0 Å². The SMILES string of the molecule is Cc1ccnc(NCCC(=O)N(C)C)c1C(N)=S. The number of hydrogen-bond donors (Lipinski definition) is 2. The third-order valence-corrected chi connectivity index (χ3v) is 2.74. The number of rotatable bonds is 5. The molecule has 0 unspecified atom stereocenters. The average Bonchev–Trinajstić information content (AvgIpc) is 2.28. The fourth-order valence-electron chi connectivity index (χ4n) is 1.51. The Bertz CT molecular complexity index is 459. The Hall–Kier alpha value is -1.69. The van der Waals surface area contributed by atoms with Crippen LogP contribution in [0.3, 0.4) is 0 Å². The van der Waals surface area contributed by atoms with Gasteiger partial charge in [0.2, 0.25) is 5.91 Å². The summed E-state index contributed by atoms with van der Waals surface area (Å²) >= 11 is 5.00. The summed E-state index contributed by atoms with van der Waals surface area (Å²) in [6.07, 6.45) is 2.09. The number of anilines is 1. The van der Waals surface area contributed by atoms with Gasteiger partial charge in [-0.05, 0) is 18.6 Å². The van der Waals surface area contributed by atoms with Crippen molar-refractivity contribution in [3.63, 3.8) is 0 Å². The molecule has 0 radical (unpaired) electrons. The topological polar surface area (TPSA) is 71.2 Å². The predicted molar refractivity (Wildman–Crippen MR) is 76.7 cm³/mol. The molecule has 0 aromatic carbocycles. The highest BCUT2D eigenvalue weighted by molar-refractivity contribution is 7.80. The van der Waals surface area contributed by atoms with E-state index in [4.69, 9.17) is 18.0 Å². The molecule has 0 aliphatic rings. The number of nitrogens with one attached hydrogen (secondary N) is 1. The summed E-state index contributed by atoms with van der Waals surface area (Å²) in [6, 6.07) is 1.85. The summed E-state index contributed by atoms with van der Waals surface area (Å²) in [6.45, 7) is 2.43. The minimum Gasteiger partial charge on any atom is -0.389 e. The normalized spacial score (nSPS) is 9.94. The zero-order valence-corrected chi connectivity index (χ0v) is 11.7. The standard InChI is InChI=1S/C12H18N4OS/c1-8-4-6-14-12(10(8)11(13)18)15-7-5-9(17)16(2)3/h4,6H,5,7H2,1-3H3,(H2,13,18)(H,14,15). The molecule has 1 aromatic heterocycles. The van der Waals surface area contributed by atoms with Crippen molar-refractivity contribution in [3.8, 4) is 0 Å². The molecule has 0 spiro atoms. The zero-order chi connectivity index (χ0) is 13.7. The Morgan fingerprint density at radius 1 is 1.56 bits per heavy atom. The van der Waals surface area contributed by atoms with Crippen LogP contribution in [0.15, 0.2) is 12.3 Å². The molecule has 0 atom stereocenters. The van der Waals surface area contributed by atoms with Crippen LogP contribution in [-0.4, -0.2) is 41.4 Å². The van der Waals surface area contributed by atoms with Gasteiger partial charge in [-0.25, -0.2) is 4.98 Å². The maximum Gasteiger partial charge on any atom is 0.223 e. The summed E-state index contributed by atoms with van der Waals surface area (Å²) in [5.74, 6) is 0.695. The van der Waals surface area contributed by atoms with Gasteiger partial charge in [-0.1, -0.05) is 12.2 Å². The largest absolute Gasteiger partial charge is 0.389 e. The molecule has 98 valence electrons. The van der Waals surface area contributed by atoms with Crippen LogP contribution >= 0.6 is 12.2 Å². The number of carbonyl (C=O) groups excluding carboxylic acids is 1. The molecular formula is C12H18N4OS. The summed E-state index contributed by atoms with van der Waals surface area (Å²) in [4.78, 5) is 17.5. The number of thiocarbonyl (C=S) groups is 1. The Balaban J connectivity index is 2.71. The van der Waals surface area contributed by atoms with Crippen LogP contribution < -0.4 is 11.1 Å². The van der Waals surface area contributed by atoms with E-state index in [1.807, 2.05) is 13.0 Å². The molecule has 18 heavy (non-hydrogen) atoms. The van der Waals surface area contributed by atoms with E-state index < -0.39 is 0 Å². The number of nitrogens with zero attached hydrogens (tertiary/aromatic N) is 2. The first kappa shape index (κ1) is 14.4. The Kier molecular flexibility index (Phi) is 5.03. The molecule has 1 aromatic rings. The molecule has 1 rings (SSSR count). The first-order valence-electron chi connectivity index (χ1n) is 5.63. The van der Waals surface area contributed by atoms with Crippen LogP contribution in [-0.2, 0) is 4.79 Å². The molecular weight excluding hydrogens is 248 g/mol. The Morgan fingerprint density at radius 2 is 2.22 bits per heavy atom. The maximum absolute atomic E-state index is 11.4. The molecule has 0 saturated heterocycles. The van der Waals surface area contributed by atoms with Crippen LogP contribution in [0.5, 0.6) is 0 Å². The molecule has 1 amide bonds. The second kappa shape index (κ2) is 6.30. The van der Waals surface area contributed by atoms with Crippen molar-refractivity contribution in [1.82, 2.24) is 9.88 Å². The van der Waals surface area contributed by atoms with Crippen molar-refractivity contribution < 1.29 is 4.79 Å². The highest BCUT2D eigenvalue weighted by Gasteiger charge is 2.10. The molecule has 0 saturated carbocycles. The monoisotopic (exact) mass is 266 g/mol. The number of aromatic nitrogens is 1. The summed E-state index contributed by atoms with van der Waals surface area (Å²) < 4.78 is 0. The van der Waals surface area contributed by atoms with Crippen molar-refractivity contribution in [3.05, 3.63) is 23.4 Å². The highest BCUT2D eigenvalue weighted by atomic mass is 32.1. The molecule has 0 aliphatic heterocycles. The summed E-state index contributed by atoms with van der Waals surface area (Å²) in [7, 11) is 3.46. The van der Waals surface area contributed by atoms with Crippen LogP contribution in [0.25, 0.3) is 0 Å². The van der Waals surface area contributed by atoms with E-state index in [0.717, 1.165) is 11.1 Å². The van der Waals surface area contributed by atoms with Gasteiger partial charge in [-0.3, -0.25) is 4.79 Å². The van der Waals surface area contributed by atoms with Gasteiger partial charge in [0, 0.05) is 33.3 Å². The molecule has 6 heteroatoms. The second-order valence-electron chi connectivity index (χ2n) is 4.18. The van der Waals surface area contributed by atoms with Gasteiger partial charge in [0.1, 0.15) is 10.8 Å². The predicted octanol–water partition coefficient (Wildman–Crippen LogP) is 0.914.